The second-order valence-corrected chi connectivity index (χ2v) is 10.0. The van der Waals surface area contributed by atoms with E-state index < -0.39 is 0 Å². The van der Waals surface area contributed by atoms with E-state index in [1.54, 1.807) is 0 Å². The van der Waals surface area contributed by atoms with Crippen LogP contribution in [0, 0.1) is 10.8 Å². The Morgan fingerprint density at radius 3 is 1.43 bits per heavy atom. The number of unbranched alkanes of at least 4 members (excludes halogenated alkanes) is 2. The molecule has 4 heteroatoms. The van der Waals surface area contributed by atoms with Gasteiger partial charge >= 0.3 is 0 Å². The lowest BCUT2D eigenvalue weighted by atomic mass is 9.88. The van der Waals surface area contributed by atoms with Crippen molar-refractivity contribution in [2.24, 2.45) is 10.8 Å². The highest BCUT2D eigenvalue weighted by Gasteiger charge is 2.16. The van der Waals surface area contributed by atoms with E-state index in [1.807, 2.05) is 36.4 Å². The first-order chi connectivity index (χ1) is 14.2. The fourth-order valence-corrected chi connectivity index (χ4v) is 3.36. The van der Waals surface area contributed by atoms with Crippen LogP contribution in [0.2, 0.25) is 0 Å². The average Bonchev–Trinajstić information content (AvgIpc) is 3.36. The van der Waals surface area contributed by atoms with E-state index in [9.17, 15) is 10.2 Å². The van der Waals surface area contributed by atoms with E-state index in [2.05, 4.69) is 27.7 Å². The summed E-state index contributed by atoms with van der Waals surface area (Å²) in [5, 5.41) is 18.6. The summed E-state index contributed by atoms with van der Waals surface area (Å²) in [6, 6.07) is 8.07. The molecule has 30 heavy (non-hydrogen) atoms. The Kier molecular flexibility index (Phi) is 9.44. The number of aliphatic hydroxyl groups excluding tert-OH is 2. The maximum Gasteiger partial charge on any atom is 0.127 e. The summed E-state index contributed by atoms with van der Waals surface area (Å²) in [7, 11) is 0. The molecule has 0 aromatic carbocycles. The third-order valence-electron chi connectivity index (χ3n) is 5.69. The third kappa shape index (κ3) is 8.93. The molecule has 2 N–H and O–H groups in total. The molecule has 0 radical (unpaired) electrons. The van der Waals surface area contributed by atoms with E-state index in [0.717, 1.165) is 74.4 Å². The fourth-order valence-electron chi connectivity index (χ4n) is 3.36. The number of hydrogen-bond donors (Lipinski definition) is 2. The lowest BCUT2D eigenvalue weighted by Gasteiger charge is -2.20. The van der Waals surface area contributed by atoms with E-state index in [1.165, 1.54) is 0 Å². The molecule has 168 valence electrons. The molecule has 0 aliphatic rings. The van der Waals surface area contributed by atoms with Crippen LogP contribution in [0.4, 0.5) is 0 Å². The smallest absolute Gasteiger partial charge is 0.127 e. The zero-order valence-electron chi connectivity index (χ0n) is 19.2. The molecule has 0 bridgehead atoms. The van der Waals surface area contributed by atoms with Gasteiger partial charge in [0.05, 0.1) is 0 Å². The Balaban J connectivity index is 1.72. The quantitative estimate of drug-likeness (QED) is 0.345. The molecule has 0 aliphatic heterocycles. The number of rotatable bonds is 14. The van der Waals surface area contributed by atoms with Crippen LogP contribution >= 0.6 is 0 Å². The van der Waals surface area contributed by atoms with E-state index in [-0.39, 0.29) is 24.0 Å². The molecule has 2 rings (SSSR count). The maximum absolute atomic E-state index is 9.32. The molecule has 0 saturated heterocycles. The van der Waals surface area contributed by atoms with Crippen molar-refractivity contribution in [1.29, 1.82) is 0 Å². The van der Waals surface area contributed by atoms with Crippen LogP contribution in [-0.2, 0) is 12.8 Å². The van der Waals surface area contributed by atoms with Gasteiger partial charge in [0.15, 0.2) is 0 Å². The van der Waals surface area contributed by atoms with Crippen LogP contribution in [0.1, 0.15) is 89.3 Å². The van der Waals surface area contributed by atoms with Crippen LogP contribution in [0.15, 0.2) is 33.1 Å². The summed E-state index contributed by atoms with van der Waals surface area (Å²) in [5.74, 6) is 3.68. The normalized spacial score (nSPS) is 12.9. The maximum atomic E-state index is 9.32. The molecular formula is C26H40O4. The Bertz CT molecular complexity index is 699. The molecule has 4 nitrogen and oxygen atoms in total. The molecule has 0 aliphatic carbocycles. The van der Waals surface area contributed by atoms with Gasteiger partial charge < -0.3 is 19.0 Å². The SMILES string of the molecule is CC(C)(CO)CCCCc1ccc(C=Cc2ccc(CCCCC(C)(C)CO)o2)o1. The Morgan fingerprint density at radius 1 is 0.667 bits per heavy atom. The van der Waals surface area contributed by atoms with Gasteiger partial charge in [-0.2, -0.15) is 0 Å². The molecule has 0 fully saturated rings. The van der Waals surface area contributed by atoms with Gasteiger partial charge in [-0.15, -0.1) is 0 Å². The molecule has 2 heterocycles. The number of aliphatic hydroxyl groups is 2. The van der Waals surface area contributed by atoms with Crippen molar-refractivity contribution in [2.45, 2.75) is 79.1 Å². The van der Waals surface area contributed by atoms with Gasteiger partial charge in [0.2, 0.25) is 0 Å². The zero-order chi connectivity index (χ0) is 22.0. The van der Waals surface area contributed by atoms with Gasteiger partial charge in [-0.05, 0) is 72.9 Å². The summed E-state index contributed by atoms with van der Waals surface area (Å²) >= 11 is 0. The van der Waals surface area contributed by atoms with Crippen molar-refractivity contribution in [3.8, 4) is 0 Å². The second kappa shape index (κ2) is 11.6. The fraction of sp³-hybridized carbons (Fsp3) is 0.615. The first-order valence-corrected chi connectivity index (χ1v) is 11.3. The summed E-state index contributed by atoms with van der Waals surface area (Å²) in [6.07, 6.45) is 12.1. The highest BCUT2D eigenvalue weighted by molar-refractivity contribution is 5.64. The monoisotopic (exact) mass is 416 g/mol. The Labute approximate surface area is 182 Å². The van der Waals surface area contributed by atoms with Gasteiger partial charge in [-0.3, -0.25) is 0 Å². The standard InChI is InChI=1S/C26H40O4/c1-25(2,19-27)17-7-5-9-21-11-13-23(29-21)15-16-24-14-12-22(30-24)10-6-8-18-26(3,4)20-28/h11-16,27-28H,5-10,17-20H2,1-4H3. The minimum atomic E-state index is 0.00890. The Morgan fingerprint density at radius 2 is 1.07 bits per heavy atom. The highest BCUT2D eigenvalue weighted by Crippen LogP contribution is 2.24. The topological polar surface area (TPSA) is 66.7 Å². The Hall–Kier alpha value is -1.78. The second-order valence-electron chi connectivity index (χ2n) is 10.0. The molecule has 0 saturated carbocycles. The predicted octanol–water partition coefficient (Wildman–Crippen LogP) is 6.51. The van der Waals surface area contributed by atoms with Crippen molar-refractivity contribution in [3.63, 3.8) is 0 Å². The summed E-state index contributed by atoms with van der Waals surface area (Å²) in [6.45, 7) is 8.86. The highest BCUT2D eigenvalue weighted by atomic mass is 16.3. The van der Waals surface area contributed by atoms with Crippen LogP contribution < -0.4 is 0 Å². The molecule has 0 atom stereocenters. The van der Waals surface area contributed by atoms with Gasteiger partial charge in [0, 0.05) is 26.1 Å². The predicted molar refractivity (Wildman–Crippen MR) is 123 cm³/mol. The van der Waals surface area contributed by atoms with Crippen LogP contribution in [0.25, 0.3) is 12.2 Å². The first-order valence-electron chi connectivity index (χ1n) is 11.3. The lowest BCUT2D eigenvalue weighted by molar-refractivity contribution is 0.147. The molecular weight excluding hydrogens is 376 g/mol. The lowest BCUT2D eigenvalue weighted by Crippen LogP contribution is -2.16. The van der Waals surface area contributed by atoms with Crippen molar-refractivity contribution < 1.29 is 19.0 Å². The van der Waals surface area contributed by atoms with Crippen molar-refractivity contribution in [2.75, 3.05) is 13.2 Å². The van der Waals surface area contributed by atoms with E-state index in [4.69, 9.17) is 8.83 Å². The van der Waals surface area contributed by atoms with Crippen LogP contribution in [0.3, 0.4) is 0 Å². The van der Waals surface area contributed by atoms with Crippen molar-refractivity contribution in [1.82, 2.24) is 0 Å². The molecule has 2 aromatic rings. The minimum absolute atomic E-state index is 0.00890. The van der Waals surface area contributed by atoms with Crippen LogP contribution in [-0.4, -0.2) is 23.4 Å². The summed E-state index contributed by atoms with van der Waals surface area (Å²) in [4.78, 5) is 0. The average molecular weight is 417 g/mol. The molecule has 0 spiro atoms. The number of hydrogen-bond acceptors (Lipinski definition) is 4. The molecule has 0 unspecified atom stereocenters. The summed E-state index contributed by atoms with van der Waals surface area (Å²) in [5.41, 5.74) is 0.0178. The van der Waals surface area contributed by atoms with E-state index >= 15 is 0 Å². The third-order valence-corrected chi connectivity index (χ3v) is 5.69. The van der Waals surface area contributed by atoms with Crippen molar-refractivity contribution in [3.05, 3.63) is 47.3 Å². The van der Waals surface area contributed by atoms with Crippen LogP contribution in [0.5, 0.6) is 0 Å². The summed E-state index contributed by atoms with van der Waals surface area (Å²) < 4.78 is 11.8. The number of aryl methyl sites for hydroxylation is 2. The largest absolute Gasteiger partial charge is 0.462 e. The van der Waals surface area contributed by atoms with Gasteiger partial charge in [0.25, 0.3) is 0 Å². The van der Waals surface area contributed by atoms with Gasteiger partial charge in [0.1, 0.15) is 23.0 Å². The van der Waals surface area contributed by atoms with Gasteiger partial charge in [-0.1, -0.05) is 40.5 Å². The minimum Gasteiger partial charge on any atom is -0.462 e. The molecule has 0 amide bonds. The van der Waals surface area contributed by atoms with Crippen molar-refractivity contribution >= 4 is 12.2 Å². The number of furan rings is 2. The van der Waals surface area contributed by atoms with Gasteiger partial charge in [-0.25, -0.2) is 0 Å². The zero-order valence-corrected chi connectivity index (χ0v) is 19.2. The molecule has 2 aromatic heterocycles. The van der Waals surface area contributed by atoms with E-state index in [0.29, 0.717) is 0 Å². The first kappa shape index (κ1) is 24.5.